The fraction of sp³-hybridized carbons (Fsp3) is 0.364. The van der Waals surface area contributed by atoms with Crippen LogP contribution in [0.1, 0.15) is 19.8 Å². The summed E-state index contributed by atoms with van der Waals surface area (Å²) < 4.78 is 6.06. The average molecular weight is 220 g/mol. The maximum absolute atomic E-state index is 11.5. The van der Waals surface area contributed by atoms with Crippen LogP contribution < -0.4 is 11.4 Å². The number of rotatable bonds is 3. The highest BCUT2D eigenvalue weighted by molar-refractivity contribution is 5.72. The second-order valence-corrected chi connectivity index (χ2v) is 3.53. The van der Waals surface area contributed by atoms with Gasteiger partial charge in [0, 0.05) is 12.7 Å². The normalized spacial score (nSPS) is 10.8. The Kier molecular flexibility index (Phi) is 2.85. The van der Waals surface area contributed by atoms with Crippen LogP contribution in [0.3, 0.4) is 0 Å². The molecular formula is C11H12N2O3. The second-order valence-electron chi connectivity index (χ2n) is 3.53. The zero-order chi connectivity index (χ0) is 11.5. The molecule has 0 N–H and O–H groups in total. The van der Waals surface area contributed by atoms with E-state index in [1.807, 2.05) is 6.92 Å². The van der Waals surface area contributed by atoms with Crippen LogP contribution in [0, 0.1) is 0 Å². The van der Waals surface area contributed by atoms with Crippen molar-refractivity contribution in [3.63, 3.8) is 0 Å². The number of pyridine rings is 1. The van der Waals surface area contributed by atoms with E-state index in [0.29, 0.717) is 12.1 Å². The predicted molar refractivity (Wildman–Crippen MR) is 59.4 cm³/mol. The van der Waals surface area contributed by atoms with Crippen LogP contribution in [0.2, 0.25) is 0 Å². The van der Waals surface area contributed by atoms with E-state index in [-0.39, 0.29) is 5.52 Å². The molecule has 0 saturated carbocycles. The molecule has 0 aromatic carbocycles. The minimum absolute atomic E-state index is 0.207. The number of unbranched alkanes of at least 4 members (excludes halogenated alkanes) is 1. The van der Waals surface area contributed by atoms with Gasteiger partial charge in [0.1, 0.15) is 0 Å². The van der Waals surface area contributed by atoms with Crippen LogP contribution in [-0.2, 0) is 6.54 Å². The lowest BCUT2D eigenvalue weighted by atomic mass is 10.3. The topological polar surface area (TPSA) is 65.1 Å². The van der Waals surface area contributed by atoms with Gasteiger partial charge in [-0.3, -0.25) is 4.57 Å². The van der Waals surface area contributed by atoms with Crippen LogP contribution in [0.15, 0.2) is 32.3 Å². The molecule has 2 aromatic rings. The van der Waals surface area contributed by atoms with E-state index < -0.39 is 11.4 Å². The first-order valence-corrected chi connectivity index (χ1v) is 5.22. The standard InChI is InChI=1S/C11H12N2O3/c1-2-3-7-13-8-5-4-6-12-9(8)10(14)16-11(13)15/h4-6H,2-3,7H2,1H3. The van der Waals surface area contributed by atoms with Crippen LogP contribution in [0.25, 0.3) is 11.0 Å². The Hall–Kier alpha value is -1.91. The first-order valence-electron chi connectivity index (χ1n) is 5.22. The molecule has 0 radical (unpaired) electrons. The van der Waals surface area contributed by atoms with Crippen molar-refractivity contribution in [2.45, 2.75) is 26.3 Å². The van der Waals surface area contributed by atoms with E-state index in [1.54, 1.807) is 12.1 Å². The third kappa shape index (κ3) is 1.76. The molecule has 0 atom stereocenters. The van der Waals surface area contributed by atoms with E-state index in [0.717, 1.165) is 12.8 Å². The molecular weight excluding hydrogens is 208 g/mol. The SMILES string of the molecule is CCCCn1c(=O)oc(=O)c2ncccc21. The zero-order valence-electron chi connectivity index (χ0n) is 8.97. The minimum Gasteiger partial charge on any atom is -0.371 e. The second kappa shape index (κ2) is 4.30. The summed E-state index contributed by atoms with van der Waals surface area (Å²) in [6.07, 6.45) is 3.33. The smallest absolute Gasteiger partial charge is 0.371 e. The summed E-state index contributed by atoms with van der Waals surface area (Å²) in [5, 5.41) is 0. The monoisotopic (exact) mass is 220 g/mol. The molecule has 0 fully saturated rings. The number of nitrogens with zero attached hydrogens (tertiary/aromatic N) is 2. The van der Waals surface area contributed by atoms with Crippen LogP contribution in [0.5, 0.6) is 0 Å². The van der Waals surface area contributed by atoms with Crippen LogP contribution >= 0.6 is 0 Å². The average Bonchev–Trinajstić information content (AvgIpc) is 2.29. The van der Waals surface area contributed by atoms with Gasteiger partial charge in [-0.1, -0.05) is 13.3 Å². The first-order chi connectivity index (χ1) is 7.74. The molecule has 84 valence electrons. The molecule has 5 nitrogen and oxygen atoms in total. The third-order valence-electron chi connectivity index (χ3n) is 2.41. The third-order valence-corrected chi connectivity index (χ3v) is 2.41. The zero-order valence-corrected chi connectivity index (χ0v) is 8.97. The quantitative estimate of drug-likeness (QED) is 0.778. The molecule has 2 aromatic heterocycles. The highest BCUT2D eigenvalue weighted by atomic mass is 16.4. The van der Waals surface area contributed by atoms with Gasteiger partial charge in [-0.2, -0.15) is 0 Å². The van der Waals surface area contributed by atoms with Crippen molar-refractivity contribution in [2.75, 3.05) is 0 Å². The van der Waals surface area contributed by atoms with Gasteiger partial charge in [0.05, 0.1) is 5.52 Å². The maximum Gasteiger partial charge on any atom is 0.422 e. The van der Waals surface area contributed by atoms with Gasteiger partial charge in [0.2, 0.25) is 0 Å². The van der Waals surface area contributed by atoms with Crippen LogP contribution in [0.4, 0.5) is 0 Å². The summed E-state index contributed by atoms with van der Waals surface area (Å²) in [7, 11) is 0. The highest BCUT2D eigenvalue weighted by Crippen LogP contribution is 2.05. The van der Waals surface area contributed by atoms with Crippen molar-refractivity contribution < 1.29 is 4.42 Å². The largest absolute Gasteiger partial charge is 0.422 e. The van der Waals surface area contributed by atoms with Crippen molar-refractivity contribution in [1.82, 2.24) is 9.55 Å². The van der Waals surface area contributed by atoms with Crippen molar-refractivity contribution in [1.29, 1.82) is 0 Å². The van der Waals surface area contributed by atoms with Gasteiger partial charge in [-0.15, -0.1) is 0 Å². The van der Waals surface area contributed by atoms with E-state index in [2.05, 4.69) is 9.40 Å². The van der Waals surface area contributed by atoms with E-state index in [9.17, 15) is 9.59 Å². The molecule has 16 heavy (non-hydrogen) atoms. The Morgan fingerprint density at radius 2 is 2.25 bits per heavy atom. The molecule has 0 aliphatic rings. The molecule has 2 rings (SSSR count). The molecule has 0 aliphatic carbocycles. The summed E-state index contributed by atoms with van der Waals surface area (Å²) >= 11 is 0. The lowest BCUT2D eigenvalue weighted by Crippen LogP contribution is -2.25. The van der Waals surface area contributed by atoms with Gasteiger partial charge in [0.15, 0.2) is 5.52 Å². The molecule has 2 heterocycles. The Morgan fingerprint density at radius 3 is 3.00 bits per heavy atom. The van der Waals surface area contributed by atoms with Crippen LogP contribution in [-0.4, -0.2) is 9.55 Å². The Labute approximate surface area is 91.3 Å². The van der Waals surface area contributed by atoms with Crippen molar-refractivity contribution in [2.24, 2.45) is 0 Å². The number of hydrogen-bond acceptors (Lipinski definition) is 4. The molecule has 0 spiro atoms. The van der Waals surface area contributed by atoms with Gasteiger partial charge >= 0.3 is 11.4 Å². The Bertz CT molecular complexity index is 612. The fourth-order valence-corrected chi connectivity index (χ4v) is 1.58. The van der Waals surface area contributed by atoms with Gasteiger partial charge in [-0.05, 0) is 18.6 Å². The summed E-state index contributed by atoms with van der Waals surface area (Å²) in [5.74, 6) is -0.612. The van der Waals surface area contributed by atoms with Crippen molar-refractivity contribution in [3.8, 4) is 0 Å². The summed E-state index contributed by atoms with van der Waals surface area (Å²) in [6, 6.07) is 3.40. The van der Waals surface area contributed by atoms with E-state index in [4.69, 9.17) is 0 Å². The Balaban J connectivity index is 2.72. The molecule has 0 bridgehead atoms. The van der Waals surface area contributed by atoms with E-state index in [1.165, 1.54) is 10.8 Å². The van der Waals surface area contributed by atoms with Gasteiger partial charge in [-0.25, -0.2) is 14.6 Å². The molecule has 0 aliphatic heterocycles. The first kappa shape index (κ1) is 10.6. The summed E-state index contributed by atoms with van der Waals surface area (Å²) in [5.41, 5.74) is 0.0729. The van der Waals surface area contributed by atoms with Gasteiger partial charge in [0.25, 0.3) is 0 Å². The summed E-state index contributed by atoms with van der Waals surface area (Å²) in [6.45, 7) is 2.58. The predicted octanol–water partition coefficient (Wildman–Crippen LogP) is 1.15. The van der Waals surface area contributed by atoms with Crippen molar-refractivity contribution in [3.05, 3.63) is 39.3 Å². The van der Waals surface area contributed by atoms with E-state index >= 15 is 0 Å². The summed E-state index contributed by atoms with van der Waals surface area (Å²) in [4.78, 5) is 26.8. The lowest BCUT2D eigenvalue weighted by Gasteiger charge is -2.06. The highest BCUT2D eigenvalue weighted by Gasteiger charge is 2.08. The fourth-order valence-electron chi connectivity index (χ4n) is 1.58. The van der Waals surface area contributed by atoms with Crippen molar-refractivity contribution >= 4 is 11.0 Å². The number of aromatic nitrogens is 2. The minimum atomic E-state index is -0.673. The Morgan fingerprint density at radius 1 is 1.44 bits per heavy atom. The molecule has 0 saturated heterocycles. The lowest BCUT2D eigenvalue weighted by molar-refractivity contribution is 0.410. The number of hydrogen-bond donors (Lipinski definition) is 0. The number of aryl methyl sites for hydroxylation is 1. The molecule has 5 heteroatoms. The maximum atomic E-state index is 11.5. The van der Waals surface area contributed by atoms with Gasteiger partial charge < -0.3 is 4.42 Å². The molecule has 0 amide bonds. The molecule has 0 unspecified atom stereocenters. The number of fused-ring (bicyclic) bond motifs is 1.